The molecule has 0 radical (unpaired) electrons. The Morgan fingerprint density at radius 2 is 2.00 bits per heavy atom. The maximum absolute atomic E-state index is 12.9. The van der Waals surface area contributed by atoms with Crippen LogP contribution >= 0.6 is 0 Å². The molecule has 25 heavy (non-hydrogen) atoms. The molecular formula is C22H33NO2. The molecule has 138 valence electrons. The van der Waals surface area contributed by atoms with E-state index in [0.29, 0.717) is 30.8 Å². The highest BCUT2D eigenvalue weighted by Gasteiger charge is 2.34. The van der Waals surface area contributed by atoms with Crippen molar-refractivity contribution < 1.29 is 9.53 Å². The highest BCUT2D eigenvalue weighted by Crippen LogP contribution is 2.35. The number of carbonyl (C=O) groups excluding carboxylic acids is 1. The normalized spacial score (nSPS) is 23.8. The van der Waals surface area contributed by atoms with Crippen LogP contribution in [0.25, 0.3) is 0 Å². The van der Waals surface area contributed by atoms with Gasteiger partial charge in [-0.05, 0) is 43.1 Å². The summed E-state index contributed by atoms with van der Waals surface area (Å²) in [6.45, 7) is 9.88. The van der Waals surface area contributed by atoms with Crippen LogP contribution in [0.1, 0.15) is 52.5 Å². The third kappa shape index (κ3) is 5.91. The molecule has 1 aliphatic carbocycles. The van der Waals surface area contributed by atoms with Crippen LogP contribution in [0, 0.1) is 17.8 Å². The number of amides is 1. The molecule has 3 heteroatoms. The first-order chi connectivity index (χ1) is 12.0. The number of allylic oxidation sites excluding steroid dienone is 1. The van der Waals surface area contributed by atoms with Crippen molar-refractivity contribution in [2.45, 2.75) is 59.6 Å². The van der Waals surface area contributed by atoms with Gasteiger partial charge in [-0.1, -0.05) is 69.7 Å². The molecule has 0 aliphatic heterocycles. The van der Waals surface area contributed by atoms with Crippen molar-refractivity contribution in [2.24, 2.45) is 17.8 Å². The van der Waals surface area contributed by atoms with Crippen LogP contribution in [-0.2, 0) is 11.3 Å². The van der Waals surface area contributed by atoms with Crippen LogP contribution < -0.4 is 0 Å². The fourth-order valence-electron chi connectivity index (χ4n) is 3.69. The van der Waals surface area contributed by atoms with Gasteiger partial charge in [-0.2, -0.15) is 0 Å². The van der Waals surface area contributed by atoms with Crippen molar-refractivity contribution in [3.63, 3.8) is 0 Å². The number of nitrogens with zero attached hydrogens (tertiary/aromatic N) is 1. The maximum atomic E-state index is 12.9. The van der Waals surface area contributed by atoms with Crippen molar-refractivity contribution >= 4 is 6.09 Å². The summed E-state index contributed by atoms with van der Waals surface area (Å²) in [4.78, 5) is 14.7. The largest absolute Gasteiger partial charge is 0.446 e. The standard InChI is InChI=1S/C22H33NO2/c1-5-6-14-23(16-19-10-8-7-9-11-19)22(24)25-21-15-18(4)12-13-20(21)17(2)3/h5-11,17-18,20-21H,12-16H2,1-4H3/b6-5+/t18-,20+,21-/m0/s1. The fourth-order valence-corrected chi connectivity index (χ4v) is 3.69. The summed E-state index contributed by atoms with van der Waals surface area (Å²) in [6, 6.07) is 10.1. The number of ether oxygens (including phenoxy) is 1. The predicted molar refractivity (Wildman–Crippen MR) is 103 cm³/mol. The maximum Gasteiger partial charge on any atom is 0.410 e. The van der Waals surface area contributed by atoms with E-state index in [-0.39, 0.29) is 12.2 Å². The molecule has 1 saturated carbocycles. The van der Waals surface area contributed by atoms with Gasteiger partial charge in [0.1, 0.15) is 6.10 Å². The summed E-state index contributed by atoms with van der Waals surface area (Å²) < 4.78 is 6.02. The van der Waals surface area contributed by atoms with Gasteiger partial charge >= 0.3 is 6.09 Å². The molecule has 1 fully saturated rings. The average molecular weight is 344 g/mol. The third-order valence-electron chi connectivity index (χ3n) is 5.25. The molecule has 0 aromatic heterocycles. The van der Waals surface area contributed by atoms with E-state index in [1.807, 2.05) is 37.3 Å². The number of benzene rings is 1. The molecule has 1 aromatic carbocycles. The van der Waals surface area contributed by atoms with Gasteiger partial charge in [0, 0.05) is 13.1 Å². The van der Waals surface area contributed by atoms with Crippen LogP contribution in [0.4, 0.5) is 4.79 Å². The zero-order valence-corrected chi connectivity index (χ0v) is 16.2. The highest BCUT2D eigenvalue weighted by molar-refractivity contribution is 5.68. The second-order valence-electron chi connectivity index (χ2n) is 7.68. The quantitative estimate of drug-likeness (QED) is 0.624. The molecule has 1 aromatic rings. The smallest absolute Gasteiger partial charge is 0.410 e. The molecule has 2 rings (SSSR count). The van der Waals surface area contributed by atoms with Crippen molar-refractivity contribution in [2.75, 3.05) is 6.54 Å². The van der Waals surface area contributed by atoms with Crippen LogP contribution in [0.2, 0.25) is 0 Å². The number of rotatable bonds is 6. The first-order valence-corrected chi connectivity index (χ1v) is 9.61. The lowest BCUT2D eigenvalue weighted by Crippen LogP contribution is -2.40. The van der Waals surface area contributed by atoms with Crippen molar-refractivity contribution in [1.29, 1.82) is 0 Å². The van der Waals surface area contributed by atoms with Gasteiger partial charge in [-0.3, -0.25) is 0 Å². The first-order valence-electron chi connectivity index (χ1n) is 9.61. The monoisotopic (exact) mass is 343 g/mol. The van der Waals surface area contributed by atoms with E-state index in [0.717, 1.165) is 18.4 Å². The van der Waals surface area contributed by atoms with E-state index >= 15 is 0 Å². The Morgan fingerprint density at radius 1 is 1.28 bits per heavy atom. The minimum absolute atomic E-state index is 0.0418. The van der Waals surface area contributed by atoms with Gasteiger partial charge in [0.05, 0.1) is 0 Å². The molecule has 0 bridgehead atoms. The van der Waals surface area contributed by atoms with Gasteiger partial charge in [0.2, 0.25) is 0 Å². The summed E-state index contributed by atoms with van der Waals surface area (Å²) in [5.74, 6) is 1.65. The molecule has 3 atom stereocenters. The third-order valence-corrected chi connectivity index (χ3v) is 5.25. The van der Waals surface area contributed by atoms with Crippen LogP contribution in [-0.4, -0.2) is 23.6 Å². The highest BCUT2D eigenvalue weighted by atomic mass is 16.6. The second kappa shape index (κ2) is 9.65. The average Bonchev–Trinajstić information content (AvgIpc) is 2.59. The number of hydrogen-bond donors (Lipinski definition) is 0. The Labute approximate surface area is 153 Å². The van der Waals surface area contributed by atoms with E-state index in [1.165, 1.54) is 6.42 Å². The summed E-state index contributed by atoms with van der Waals surface area (Å²) >= 11 is 0. The van der Waals surface area contributed by atoms with E-state index in [1.54, 1.807) is 4.90 Å². The molecule has 0 saturated heterocycles. The Kier molecular flexibility index (Phi) is 7.54. The minimum Gasteiger partial charge on any atom is -0.446 e. The number of carbonyl (C=O) groups is 1. The van der Waals surface area contributed by atoms with Crippen LogP contribution in [0.15, 0.2) is 42.5 Å². The summed E-state index contributed by atoms with van der Waals surface area (Å²) in [7, 11) is 0. The van der Waals surface area contributed by atoms with Gasteiger partial charge < -0.3 is 9.64 Å². The first kappa shape index (κ1) is 19.6. The van der Waals surface area contributed by atoms with E-state index in [4.69, 9.17) is 4.74 Å². The molecular weight excluding hydrogens is 310 g/mol. The zero-order valence-electron chi connectivity index (χ0n) is 16.2. The molecule has 0 heterocycles. The second-order valence-corrected chi connectivity index (χ2v) is 7.68. The summed E-state index contributed by atoms with van der Waals surface area (Å²) in [6.07, 6.45) is 7.22. The van der Waals surface area contributed by atoms with E-state index in [9.17, 15) is 4.79 Å². The molecule has 1 amide bonds. The fraction of sp³-hybridized carbons (Fsp3) is 0.591. The van der Waals surface area contributed by atoms with E-state index in [2.05, 4.69) is 32.9 Å². The van der Waals surface area contributed by atoms with Gasteiger partial charge in [-0.15, -0.1) is 0 Å². The number of hydrogen-bond acceptors (Lipinski definition) is 2. The minimum atomic E-state index is -0.188. The Hall–Kier alpha value is -1.77. The van der Waals surface area contributed by atoms with Crippen LogP contribution in [0.5, 0.6) is 0 Å². The van der Waals surface area contributed by atoms with Gasteiger partial charge in [0.15, 0.2) is 0 Å². The molecule has 1 aliphatic rings. The van der Waals surface area contributed by atoms with Crippen LogP contribution in [0.3, 0.4) is 0 Å². The Balaban J connectivity index is 2.06. The zero-order chi connectivity index (χ0) is 18.2. The predicted octanol–water partition coefficient (Wildman–Crippen LogP) is 5.66. The van der Waals surface area contributed by atoms with Gasteiger partial charge in [0.25, 0.3) is 0 Å². The molecule has 0 spiro atoms. The topological polar surface area (TPSA) is 29.5 Å². The Bertz CT molecular complexity index is 552. The lowest BCUT2D eigenvalue weighted by Gasteiger charge is -2.37. The lowest BCUT2D eigenvalue weighted by atomic mass is 9.75. The molecule has 3 nitrogen and oxygen atoms in total. The van der Waals surface area contributed by atoms with Crippen molar-refractivity contribution in [1.82, 2.24) is 4.90 Å². The van der Waals surface area contributed by atoms with E-state index < -0.39 is 0 Å². The van der Waals surface area contributed by atoms with Gasteiger partial charge in [-0.25, -0.2) is 4.79 Å². The van der Waals surface area contributed by atoms with Crippen molar-refractivity contribution in [3.05, 3.63) is 48.0 Å². The lowest BCUT2D eigenvalue weighted by molar-refractivity contribution is -0.00992. The van der Waals surface area contributed by atoms with Crippen molar-refractivity contribution in [3.8, 4) is 0 Å². The summed E-state index contributed by atoms with van der Waals surface area (Å²) in [5.41, 5.74) is 1.13. The SMILES string of the molecule is C/C=C/CN(Cc1ccccc1)C(=O)O[C@H]1C[C@@H](C)CC[C@@H]1C(C)C. The Morgan fingerprint density at radius 3 is 2.64 bits per heavy atom. The summed E-state index contributed by atoms with van der Waals surface area (Å²) in [5, 5.41) is 0. The molecule has 0 N–H and O–H groups in total. The molecule has 0 unspecified atom stereocenters.